The predicted octanol–water partition coefficient (Wildman–Crippen LogP) is 3.98. The maximum atomic E-state index is 12.4. The molecule has 0 saturated carbocycles. The predicted molar refractivity (Wildman–Crippen MR) is 104 cm³/mol. The molecule has 0 aliphatic carbocycles. The monoisotopic (exact) mass is 403 g/mol. The molecule has 0 atom stereocenters. The van der Waals surface area contributed by atoms with Crippen LogP contribution in [0.15, 0.2) is 54.9 Å². The van der Waals surface area contributed by atoms with Crippen LogP contribution in [0.1, 0.15) is 16.2 Å². The second kappa shape index (κ2) is 8.24. The van der Waals surface area contributed by atoms with Crippen LogP contribution in [0.4, 0.5) is 5.69 Å². The van der Waals surface area contributed by atoms with E-state index >= 15 is 0 Å². The molecule has 0 saturated heterocycles. The third-order valence-electron chi connectivity index (χ3n) is 3.71. The number of nitrogens with one attached hydrogen (secondary N) is 1. The number of amides is 1. The number of halogens is 2. The summed E-state index contributed by atoms with van der Waals surface area (Å²) in [6.45, 7) is -0.213. The van der Waals surface area contributed by atoms with Crippen LogP contribution in [0.25, 0.3) is 0 Å². The average Bonchev–Trinajstić information content (AvgIpc) is 3.07. The minimum absolute atomic E-state index is 0.193. The third-order valence-corrected chi connectivity index (χ3v) is 4.24. The highest BCUT2D eigenvalue weighted by Gasteiger charge is 2.14. The van der Waals surface area contributed by atoms with E-state index in [1.54, 1.807) is 60.4 Å². The zero-order valence-electron chi connectivity index (χ0n) is 14.3. The molecule has 0 bridgehead atoms. The Kier molecular flexibility index (Phi) is 5.78. The number of imidazole rings is 1. The lowest BCUT2D eigenvalue weighted by Gasteiger charge is -2.09. The molecule has 2 aromatic carbocycles. The molecule has 27 heavy (non-hydrogen) atoms. The number of ether oxygens (including phenoxy) is 1. The van der Waals surface area contributed by atoms with Crippen molar-refractivity contribution in [1.29, 1.82) is 0 Å². The zero-order chi connectivity index (χ0) is 19.4. The van der Waals surface area contributed by atoms with Crippen molar-refractivity contribution in [2.24, 2.45) is 7.05 Å². The van der Waals surface area contributed by atoms with Gasteiger partial charge in [0.1, 0.15) is 5.75 Å². The quantitative estimate of drug-likeness (QED) is 0.631. The van der Waals surface area contributed by atoms with Gasteiger partial charge < -0.3 is 14.6 Å². The van der Waals surface area contributed by atoms with Crippen molar-refractivity contribution in [1.82, 2.24) is 9.55 Å². The van der Waals surface area contributed by atoms with E-state index in [1.165, 1.54) is 6.07 Å². The van der Waals surface area contributed by atoms with E-state index in [0.717, 1.165) is 0 Å². The number of hydrogen-bond acceptors (Lipinski definition) is 4. The lowest BCUT2D eigenvalue weighted by Crippen LogP contribution is -2.20. The first-order chi connectivity index (χ1) is 12.9. The fourth-order valence-electron chi connectivity index (χ4n) is 2.35. The van der Waals surface area contributed by atoms with Gasteiger partial charge in [-0.05, 0) is 42.5 Å². The van der Waals surface area contributed by atoms with Gasteiger partial charge in [-0.25, -0.2) is 4.98 Å². The van der Waals surface area contributed by atoms with Gasteiger partial charge >= 0.3 is 0 Å². The highest BCUT2D eigenvalue weighted by molar-refractivity contribution is 6.35. The molecule has 1 amide bonds. The number of ketones is 1. The number of anilines is 1. The number of hydrogen-bond donors (Lipinski definition) is 1. The van der Waals surface area contributed by atoms with Crippen molar-refractivity contribution < 1.29 is 14.3 Å². The summed E-state index contributed by atoms with van der Waals surface area (Å²) in [5.41, 5.74) is 1.02. The maximum absolute atomic E-state index is 12.4. The van der Waals surface area contributed by atoms with E-state index in [4.69, 9.17) is 27.9 Å². The molecule has 1 N–H and O–H groups in total. The molecule has 3 aromatic rings. The minimum atomic E-state index is -0.357. The molecule has 3 rings (SSSR count). The average molecular weight is 404 g/mol. The summed E-state index contributed by atoms with van der Waals surface area (Å²) in [4.78, 5) is 28.4. The second-order valence-corrected chi connectivity index (χ2v) is 6.52. The molecule has 0 fully saturated rings. The van der Waals surface area contributed by atoms with E-state index in [-0.39, 0.29) is 18.3 Å². The molecule has 0 aliphatic heterocycles. The number of carbonyl (C=O) groups is 2. The molecule has 1 heterocycles. The molecule has 0 radical (unpaired) electrons. The number of rotatable bonds is 6. The van der Waals surface area contributed by atoms with Crippen LogP contribution in [0, 0.1) is 0 Å². The number of aryl methyl sites for hydroxylation is 1. The minimum Gasteiger partial charge on any atom is -0.482 e. The first-order valence-corrected chi connectivity index (χ1v) is 8.69. The van der Waals surface area contributed by atoms with Crippen LogP contribution in [-0.2, 0) is 11.8 Å². The van der Waals surface area contributed by atoms with Gasteiger partial charge in [-0.3, -0.25) is 9.59 Å². The van der Waals surface area contributed by atoms with Gasteiger partial charge in [0.25, 0.3) is 5.91 Å². The normalized spacial score (nSPS) is 10.5. The van der Waals surface area contributed by atoms with Gasteiger partial charge in [0.05, 0.1) is 5.02 Å². The Hall–Kier alpha value is -2.83. The van der Waals surface area contributed by atoms with Crippen molar-refractivity contribution in [3.05, 3.63) is 76.3 Å². The van der Waals surface area contributed by atoms with Crippen LogP contribution in [0.2, 0.25) is 10.0 Å². The largest absolute Gasteiger partial charge is 0.482 e. The van der Waals surface area contributed by atoms with Gasteiger partial charge in [-0.2, -0.15) is 0 Å². The number of nitrogens with zero attached hydrogens (tertiary/aromatic N) is 2. The molecule has 138 valence electrons. The van der Waals surface area contributed by atoms with E-state index in [9.17, 15) is 9.59 Å². The van der Waals surface area contributed by atoms with E-state index in [2.05, 4.69) is 10.3 Å². The summed E-state index contributed by atoms with van der Waals surface area (Å²) < 4.78 is 7.03. The molecular formula is C19H15Cl2N3O3. The third kappa shape index (κ3) is 4.67. The number of benzene rings is 2. The Bertz CT molecular complexity index is 984. The summed E-state index contributed by atoms with van der Waals surface area (Å²) >= 11 is 11.8. The molecule has 0 aliphatic rings. The summed E-state index contributed by atoms with van der Waals surface area (Å²) in [6, 6.07) is 11.3. The van der Waals surface area contributed by atoms with E-state index < -0.39 is 0 Å². The van der Waals surface area contributed by atoms with Gasteiger partial charge in [-0.15, -0.1) is 0 Å². The Morgan fingerprint density at radius 1 is 1.15 bits per heavy atom. The van der Waals surface area contributed by atoms with Gasteiger partial charge in [0.15, 0.2) is 12.4 Å². The SMILES string of the molecule is Cn1ccnc1C(=O)c1ccc(NC(=O)COc2ccc(Cl)cc2Cl)cc1. The Morgan fingerprint density at radius 2 is 1.89 bits per heavy atom. The fraction of sp³-hybridized carbons (Fsp3) is 0.105. The standard InChI is InChI=1S/C19H15Cl2N3O3/c1-24-9-8-22-19(24)18(26)12-2-5-14(6-3-12)23-17(25)11-27-16-7-4-13(20)10-15(16)21/h2-10H,11H2,1H3,(H,23,25). The lowest BCUT2D eigenvalue weighted by atomic mass is 10.1. The van der Waals surface area contributed by atoms with E-state index in [0.29, 0.717) is 32.9 Å². The molecule has 0 unspecified atom stereocenters. The molecule has 8 heteroatoms. The maximum Gasteiger partial charge on any atom is 0.262 e. The number of aromatic nitrogens is 2. The highest BCUT2D eigenvalue weighted by atomic mass is 35.5. The van der Waals surface area contributed by atoms with Gasteiger partial charge in [0, 0.05) is 35.7 Å². The molecule has 6 nitrogen and oxygen atoms in total. The van der Waals surface area contributed by atoms with Gasteiger partial charge in [0.2, 0.25) is 5.78 Å². The van der Waals surface area contributed by atoms with Crippen LogP contribution in [0.3, 0.4) is 0 Å². The lowest BCUT2D eigenvalue weighted by molar-refractivity contribution is -0.118. The first kappa shape index (κ1) is 18.9. The topological polar surface area (TPSA) is 73.2 Å². The van der Waals surface area contributed by atoms with Crippen LogP contribution in [0.5, 0.6) is 5.75 Å². The molecular weight excluding hydrogens is 389 g/mol. The van der Waals surface area contributed by atoms with Crippen LogP contribution >= 0.6 is 23.2 Å². The Labute approximate surface area is 165 Å². The Balaban J connectivity index is 1.58. The first-order valence-electron chi connectivity index (χ1n) is 7.94. The highest BCUT2D eigenvalue weighted by Crippen LogP contribution is 2.27. The van der Waals surface area contributed by atoms with Crippen LogP contribution < -0.4 is 10.1 Å². The van der Waals surface area contributed by atoms with Crippen molar-refractivity contribution in [2.45, 2.75) is 0 Å². The molecule has 0 spiro atoms. The summed E-state index contributed by atoms with van der Waals surface area (Å²) in [6.07, 6.45) is 3.27. The van der Waals surface area contributed by atoms with Crippen molar-refractivity contribution in [3.8, 4) is 5.75 Å². The summed E-state index contributed by atoms with van der Waals surface area (Å²) in [7, 11) is 1.75. The second-order valence-electron chi connectivity index (χ2n) is 5.68. The molecule has 1 aromatic heterocycles. The van der Waals surface area contributed by atoms with Crippen molar-refractivity contribution >= 4 is 40.6 Å². The fourth-order valence-corrected chi connectivity index (χ4v) is 2.81. The van der Waals surface area contributed by atoms with Crippen molar-refractivity contribution in [3.63, 3.8) is 0 Å². The summed E-state index contributed by atoms with van der Waals surface area (Å²) in [5.74, 6) is 0.164. The smallest absolute Gasteiger partial charge is 0.262 e. The van der Waals surface area contributed by atoms with E-state index in [1.807, 2.05) is 0 Å². The number of carbonyl (C=O) groups excluding carboxylic acids is 2. The van der Waals surface area contributed by atoms with Crippen LogP contribution in [-0.4, -0.2) is 27.8 Å². The van der Waals surface area contributed by atoms with Gasteiger partial charge in [-0.1, -0.05) is 23.2 Å². The zero-order valence-corrected chi connectivity index (χ0v) is 15.8. The summed E-state index contributed by atoms with van der Waals surface area (Å²) in [5, 5.41) is 3.50. The Morgan fingerprint density at radius 3 is 2.52 bits per heavy atom. The van der Waals surface area contributed by atoms with Crippen molar-refractivity contribution in [2.75, 3.05) is 11.9 Å².